The minimum absolute atomic E-state index is 0.0233. The van der Waals surface area contributed by atoms with Gasteiger partial charge in [-0.1, -0.05) is 0 Å². The van der Waals surface area contributed by atoms with Gasteiger partial charge in [-0.2, -0.15) is 13.2 Å². The zero-order valence-corrected chi connectivity index (χ0v) is 7.84. The van der Waals surface area contributed by atoms with Crippen LogP contribution in [0, 0.1) is 0 Å². The van der Waals surface area contributed by atoms with E-state index in [0.29, 0.717) is 0 Å². The van der Waals surface area contributed by atoms with Gasteiger partial charge in [0.05, 0.1) is 6.04 Å². The Bertz CT molecular complexity index is 172. The second kappa shape index (κ2) is 5.33. The number of hydrogen-bond donors (Lipinski definition) is 2. The molecule has 0 heterocycles. The van der Waals surface area contributed by atoms with E-state index in [0.717, 1.165) is 0 Å². The maximum absolute atomic E-state index is 11.6. The van der Waals surface area contributed by atoms with E-state index in [4.69, 9.17) is 5.73 Å². The summed E-state index contributed by atoms with van der Waals surface area (Å²) in [6.07, 6.45) is 0. The van der Waals surface area contributed by atoms with Crippen LogP contribution >= 0.6 is 11.8 Å². The van der Waals surface area contributed by atoms with Crippen LogP contribution in [0.25, 0.3) is 0 Å². The second-order valence-corrected chi connectivity index (χ2v) is 3.53. The maximum Gasteiger partial charge on any atom is 0.441 e. The van der Waals surface area contributed by atoms with E-state index in [1.165, 1.54) is 6.92 Å². The van der Waals surface area contributed by atoms with Crippen LogP contribution in [-0.4, -0.2) is 29.8 Å². The Morgan fingerprint density at radius 2 is 2.15 bits per heavy atom. The minimum Gasteiger partial charge on any atom is -0.354 e. The molecule has 7 heteroatoms. The highest BCUT2D eigenvalue weighted by Crippen LogP contribution is 2.29. The minimum atomic E-state index is -4.24. The van der Waals surface area contributed by atoms with Gasteiger partial charge in [0.15, 0.2) is 0 Å². The lowest BCUT2D eigenvalue weighted by Gasteiger charge is -2.08. The zero-order chi connectivity index (χ0) is 10.5. The third-order valence-corrected chi connectivity index (χ3v) is 1.82. The molecule has 78 valence electrons. The van der Waals surface area contributed by atoms with Gasteiger partial charge in [0.25, 0.3) is 0 Å². The first-order chi connectivity index (χ1) is 5.83. The molecule has 0 saturated heterocycles. The van der Waals surface area contributed by atoms with Gasteiger partial charge in [-0.15, -0.1) is 0 Å². The lowest BCUT2D eigenvalue weighted by atomic mass is 10.3. The summed E-state index contributed by atoms with van der Waals surface area (Å²) in [7, 11) is 0. The predicted molar refractivity (Wildman–Crippen MR) is 45.2 cm³/mol. The first-order valence-electron chi connectivity index (χ1n) is 3.57. The summed E-state index contributed by atoms with van der Waals surface area (Å²) in [6, 6.07) is -0.684. The molecule has 1 amide bonds. The van der Waals surface area contributed by atoms with E-state index in [-0.39, 0.29) is 24.1 Å². The van der Waals surface area contributed by atoms with E-state index >= 15 is 0 Å². The lowest BCUT2D eigenvalue weighted by Crippen LogP contribution is -2.39. The van der Waals surface area contributed by atoms with Crippen molar-refractivity contribution in [2.24, 2.45) is 5.73 Å². The molecule has 0 rings (SSSR count). The molecule has 0 radical (unpaired) electrons. The van der Waals surface area contributed by atoms with Crippen LogP contribution in [0.4, 0.5) is 13.2 Å². The van der Waals surface area contributed by atoms with Gasteiger partial charge in [-0.3, -0.25) is 4.79 Å². The Morgan fingerprint density at radius 3 is 2.54 bits per heavy atom. The molecule has 13 heavy (non-hydrogen) atoms. The van der Waals surface area contributed by atoms with Crippen molar-refractivity contribution >= 4 is 17.7 Å². The third-order valence-electron chi connectivity index (χ3n) is 1.08. The Hall–Kier alpha value is -0.430. The van der Waals surface area contributed by atoms with Crippen molar-refractivity contribution in [3.8, 4) is 0 Å². The molecule has 0 fully saturated rings. The summed E-state index contributed by atoms with van der Waals surface area (Å²) in [4.78, 5) is 10.7. The molecule has 0 spiro atoms. The molecule has 1 unspecified atom stereocenters. The number of nitrogens with one attached hydrogen (secondary N) is 1. The molecule has 0 aliphatic heterocycles. The Balaban J connectivity index is 3.42. The summed E-state index contributed by atoms with van der Waals surface area (Å²) in [5, 5.41) is 2.27. The molecule has 0 saturated carbocycles. The zero-order valence-electron chi connectivity index (χ0n) is 7.02. The Morgan fingerprint density at radius 1 is 1.62 bits per heavy atom. The van der Waals surface area contributed by atoms with Crippen molar-refractivity contribution in [1.29, 1.82) is 0 Å². The van der Waals surface area contributed by atoms with Crippen molar-refractivity contribution in [2.45, 2.75) is 18.5 Å². The van der Waals surface area contributed by atoms with Gasteiger partial charge >= 0.3 is 5.51 Å². The molecule has 0 aliphatic rings. The Labute approximate surface area is 78.2 Å². The van der Waals surface area contributed by atoms with Crippen LogP contribution in [0.1, 0.15) is 6.92 Å². The number of rotatable bonds is 4. The smallest absolute Gasteiger partial charge is 0.354 e. The maximum atomic E-state index is 11.6. The summed E-state index contributed by atoms with van der Waals surface area (Å²) in [6.45, 7) is 1.44. The fraction of sp³-hybridized carbons (Fsp3) is 0.833. The molecule has 1 atom stereocenters. The summed E-state index contributed by atoms with van der Waals surface area (Å²) >= 11 is -0.168. The molecule has 0 aromatic rings. The quantitative estimate of drug-likeness (QED) is 0.680. The highest BCUT2D eigenvalue weighted by molar-refractivity contribution is 8.00. The molecule has 0 bridgehead atoms. The van der Waals surface area contributed by atoms with Gasteiger partial charge in [0.1, 0.15) is 0 Å². The van der Waals surface area contributed by atoms with Crippen molar-refractivity contribution in [3.63, 3.8) is 0 Å². The number of hydrogen-bond acceptors (Lipinski definition) is 3. The van der Waals surface area contributed by atoms with Crippen molar-refractivity contribution in [3.05, 3.63) is 0 Å². The number of halogens is 3. The van der Waals surface area contributed by atoms with Crippen molar-refractivity contribution < 1.29 is 18.0 Å². The summed E-state index contributed by atoms with van der Waals surface area (Å²) < 4.78 is 34.7. The standard InChI is InChI=1S/C6H11F3N2OS/c1-4(10)5(12)11-2-3-13-6(7,8)9/h4H,2-3,10H2,1H3,(H,11,12). The van der Waals surface area contributed by atoms with E-state index in [9.17, 15) is 18.0 Å². The molecule has 0 aromatic carbocycles. The van der Waals surface area contributed by atoms with Crippen LogP contribution in [-0.2, 0) is 4.79 Å². The lowest BCUT2D eigenvalue weighted by molar-refractivity contribution is -0.121. The highest BCUT2D eigenvalue weighted by Gasteiger charge is 2.27. The third kappa shape index (κ3) is 7.92. The predicted octanol–water partition coefficient (Wildman–Crippen LogP) is 0.703. The SMILES string of the molecule is CC(N)C(=O)NCCSC(F)(F)F. The number of carbonyl (C=O) groups excluding carboxylic acids is 1. The van der Waals surface area contributed by atoms with Crippen LogP contribution in [0.3, 0.4) is 0 Å². The van der Waals surface area contributed by atoms with Gasteiger partial charge in [-0.05, 0) is 18.7 Å². The average molecular weight is 216 g/mol. The van der Waals surface area contributed by atoms with E-state index < -0.39 is 17.5 Å². The number of nitrogens with two attached hydrogens (primary N) is 1. The molecule has 0 aromatic heterocycles. The van der Waals surface area contributed by atoms with Crippen LogP contribution in [0.15, 0.2) is 0 Å². The first kappa shape index (κ1) is 12.6. The molecule has 0 aliphatic carbocycles. The fourth-order valence-corrected chi connectivity index (χ4v) is 0.938. The number of amides is 1. The largest absolute Gasteiger partial charge is 0.441 e. The first-order valence-corrected chi connectivity index (χ1v) is 4.55. The van der Waals surface area contributed by atoms with Crippen molar-refractivity contribution in [2.75, 3.05) is 12.3 Å². The topological polar surface area (TPSA) is 55.1 Å². The van der Waals surface area contributed by atoms with E-state index in [1.807, 2.05) is 0 Å². The summed E-state index contributed by atoms with van der Waals surface area (Å²) in [5.41, 5.74) is 0.926. The summed E-state index contributed by atoms with van der Waals surface area (Å²) in [5.74, 6) is -0.634. The molecule has 3 nitrogen and oxygen atoms in total. The van der Waals surface area contributed by atoms with Gasteiger partial charge in [0.2, 0.25) is 5.91 Å². The van der Waals surface area contributed by atoms with Gasteiger partial charge in [0, 0.05) is 12.3 Å². The number of carbonyl (C=O) groups is 1. The normalized spacial score (nSPS) is 13.9. The van der Waals surface area contributed by atoms with Crippen LogP contribution in [0.2, 0.25) is 0 Å². The monoisotopic (exact) mass is 216 g/mol. The average Bonchev–Trinajstić information content (AvgIpc) is 1.95. The van der Waals surface area contributed by atoms with Crippen LogP contribution in [0.5, 0.6) is 0 Å². The van der Waals surface area contributed by atoms with Gasteiger partial charge < -0.3 is 11.1 Å². The molecular formula is C6H11F3N2OS. The Kier molecular flexibility index (Phi) is 5.16. The van der Waals surface area contributed by atoms with E-state index in [1.54, 1.807) is 0 Å². The number of alkyl halides is 3. The second-order valence-electron chi connectivity index (χ2n) is 2.37. The number of thioether (sulfide) groups is 1. The van der Waals surface area contributed by atoms with Gasteiger partial charge in [-0.25, -0.2) is 0 Å². The highest BCUT2D eigenvalue weighted by atomic mass is 32.2. The van der Waals surface area contributed by atoms with E-state index in [2.05, 4.69) is 5.32 Å². The fourth-order valence-electron chi connectivity index (χ4n) is 0.502. The van der Waals surface area contributed by atoms with Crippen molar-refractivity contribution in [1.82, 2.24) is 5.32 Å². The molecule has 3 N–H and O–H groups in total. The molecular weight excluding hydrogens is 205 g/mol. The van der Waals surface area contributed by atoms with Crippen LogP contribution < -0.4 is 11.1 Å².